The molecule has 0 radical (unpaired) electrons. The van der Waals surface area contributed by atoms with Crippen LogP contribution in [0.5, 0.6) is 0 Å². The van der Waals surface area contributed by atoms with Gasteiger partial charge in [0.15, 0.2) is 5.79 Å². The molecule has 1 N–H and O–H groups in total. The van der Waals surface area contributed by atoms with Gasteiger partial charge in [-0.05, 0) is 67.6 Å². The summed E-state index contributed by atoms with van der Waals surface area (Å²) in [7, 11) is 0. The minimum Gasteiger partial charge on any atom is -0.389 e. The molecule has 4 heteroatoms. The highest BCUT2D eigenvalue weighted by Gasteiger charge is 2.71. The Morgan fingerprint density at radius 3 is 2.65 bits per heavy atom. The molecule has 31 heavy (non-hydrogen) atoms. The van der Waals surface area contributed by atoms with Gasteiger partial charge in [0.2, 0.25) is 0 Å². The molecule has 1 spiro atoms. The van der Waals surface area contributed by atoms with Crippen molar-refractivity contribution in [2.24, 2.45) is 46.3 Å². The monoisotopic (exact) mass is 428 g/mol. The van der Waals surface area contributed by atoms with E-state index in [1.807, 2.05) is 0 Å². The number of carbonyl (C=O) groups excluding carboxylic acids is 1. The van der Waals surface area contributed by atoms with E-state index < -0.39 is 5.79 Å². The van der Waals surface area contributed by atoms with E-state index >= 15 is 0 Å². The summed E-state index contributed by atoms with van der Waals surface area (Å²) < 4.78 is 13.2. The average molecular weight is 429 g/mol. The van der Waals surface area contributed by atoms with Crippen molar-refractivity contribution in [1.29, 1.82) is 0 Å². The SMILES string of the molecule is CC1CCC2(OC1)OC1CC3C4CCC5=CC(O)CCC5(C)C4CC(=O)C3(C)C1C2C. The summed E-state index contributed by atoms with van der Waals surface area (Å²) >= 11 is 0. The summed E-state index contributed by atoms with van der Waals surface area (Å²) in [5.74, 6) is 2.66. The number of Topliss-reactive ketones (excluding diaryl/α,β-unsaturated/α-hetero) is 1. The first kappa shape index (κ1) is 20.9. The van der Waals surface area contributed by atoms with E-state index in [9.17, 15) is 9.90 Å². The minimum absolute atomic E-state index is 0.0904. The number of rotatable bonds is 0. The van der Waals surface area contributed by atoms with Gasteiger partial charge in [0.25, 0.3) is 0 Å². The van der Waals surface area contributed by atoms with Crippen LogP contribution >= 0.6 is 0 Å². The topological polar surface area (TPSA) is 55.8 Å². The van der Waals surface area contributed by atoms with E-state index in [-0.39, 0.29) is 34.9 Å². The van der Waals surface area contributed by atoms with Crippen molar-refractivity contribution >= 4 is 5.78 Å². The van der Waals surface area contributed by atoms with Crippen molar-refractivity contribution < 1.29 is 19.4 Å². The van der Waals surface area contributed by atoms with E-state index in [1.165, 1.54) is 12.0 Å². The second kappa shape index (κ2) is 6.67. The Labute approximate surface area is 187 Å². The van der Waals surface area contributed by atoms with Crippen LogP contribution in [0.4, 0.5) is 0 Å². The Hall–Kier alpha value is -0.710. The van der Waals surface area contributed by atoms with Crippen molar-refractivity contribution in [3.8, 4) is 0 Å². The molecule has 2 aliphatic heterocycles. The fourth-order valence-corrected chi connectivity index (χ4v) is 9.41. The maximum Gasteiger partial charge on any atom is 0.171 e. The lowest BCUT2D eigenvalue weighted by Crippen LogP contribution is -2.56. The molecule has 0 aromatic heterocycles. The molecule has 0 aromatic carbocycles. The van der Waals surface area contributed by atoms with Gasteiger partial charge in [0, 0.05) is 30.1 Å². The zero-order valence-electron chi connectivity index (χ0n) is 19.7. The molecule has 0 aromatic rings. The maximum absolute atomic E-state index is 14.0. The molecule has 4 aliphatic carbocycles. The quantitative estimate of drug-likeness (QED) is 0.558. The molecule has 5 fully saturated rings. The van der Waals surface area contributed by atoms with Crippen molar-refractivity contribution in [2.45, 2.75) is 97.1 Å². The summed E-state index contributed by atoms with van der Waals surface area (Å²) in [6.45, 7) is 10.0. The summed E-state index contributed by atoms with van der Waals surface area (Å²) in [4.78, 5) is 14.0. The van der Waals surface area contributed by atoms with Crippen LogP contribution in [0.2, 0.25) is 0 Å². The highest BCUT2D eigenvalue weighted by atomic mass is 16.7. The number of hydrogen-bond acceptors (Lipinski definition) is 4. The van der Waals surface area contributed by atoms with Crippen LogP contribution in [-0.2, 0) is 14.3 Å². The Balaban J connectivity index is 1.32. The van der Waals surface area contributed by atoms with E-state index in [0.29, 0.717) is 35.9 Å². The van der Waals surface area contributed by atoms with Gasteiger partial charge in [0.1, 0.15) is 5.78 Å². The Morgan fingerprint density at radius 2 is 1.90 bits per heavy atom. The van der Waals surface area contributed by atoms with Crippen molar-refractivity contribution in [3.63, 3.8) is 0 Å². The molecule has 4 nitrogen and oxygen atoms in total. The van der Waals surface area contributed by atoms with E-state index in [0.717, 1.165) is 45.1 Å². The zero-order chi connectivity index (χ0) is 21.8. The molecule has 0 bridgehead atoms. The third-order valence-electron chi connectivity index (χ3n) is 11.2. The number of fused-ring (bicyclic) bond motifs is 7. The number of allylic oxidation sites excluding steroid dienone is 1. The van der Waals surface area contributed by atoms with Gasteiger partial charge >= 0.3 is 0 Å². The smallest absolute Gasteiger partial charge is 0.171 e. The molecule has 11 atom stereocenters. The minimum atomic E-state index is -0.457. The van der Waals surface area contributed by atoms with Crippen LogP contribution in [0.1, 0.15) is 79.1 Å². The van der Waals surface area contributed by atoms with Crippen LogP contribution in [0.15, 0.2) is 11.6 Å². The number of ether oxygens (including phenoxy) is 2. The molecular formula is C27H40O4. The summed E-state index contributed by atoms with van der Waals surface area (Å²) in [6.07, 6.45) is 9.97. The number of ketones is 1. The van der Waals surface area contributed by atoms with E-state index in [2.05, 4.69) is 33.8 Å². The molecule has 2 saturated heterocycles. The van der Waals surface area contributed by atoms with Crippen LogP contribution in [0, 0.1) is 46.3 Å². The van der Waals surface area contributed by atoms with Crippen molar-refractivity contribution in [1.82, 2.24) is 0 Å². The Bertz CT molecular complexity index is 810. The molecule has 2 heterocycles. The first-order valence-corrected chi connectivity index (χ1v) is 12.9. The number of aliphatic hydroxyl groups is 1. The summed E-state index contributed by atoms with van der Waals surface area (Å²) in [6, 6.07) is 0. The largest absolute Gasteiger partial charge is 0.389 e. The summed E-state index contributed by atoms with van der Waals surface area (Å²) in [5, 5.41) is 10.2. The van der Waals surface area contributed by atoms with Gasteiger partial charge in [-0.3, -0.25) is 4.79 Å². The van der Waals surface area contributed by atoms with Gasteiger partial charge in [-0.15, -0.1) is 0 Å². The summed E-state index contributed by atoms with van der Waals surface area (Å²) in [5.41, 5.74) is 1.25. The predicted molar refractivity (Wildman–Crippen MR) is 118 cm³/mol. The molecule has 0 amide bonds. The average Bonchev–Trinajstić information content (AvgIpc) is 3.18. The lowest BCUT2D eigenvalue weighted by molar-refractivity contribution is -0.272. The number of aliphatic hydroxyl groups excluding tert-OH is 1. The molecule has 11 unspecified atom stereocenters. The number of carbonyl (C=O) groups is 1. The lowest BCUT2D eigenvalue weighted by atomic mass is 9.46. The fourth-order valence-electron chi connectivity index (χ4n) is 9.41. The standard InChI is InChI=1S/C27H40O4/c1-15-7-10-27(30-14-15)16(2)24-22(31-27)12-21-19-6-5-17-11-18(28)8-9-25(17,3)20(19)13-23(29)26(21,24)4/h11,15-16,18-22,24,28H,5-10,12-14H2,1-4H3. The third-order valence-corrected chi connectivity index (χ3v) is 11.2. The van der Waals surface area contributed by atoms with Crippen LogP contribution in [0.3, 0.4) is 0 Å². The predicted octanol–water partition coefficient (Wildman–Crippen LogP) is 4.89. The molecule has 6 aliphatic rings. The van der Waals surface area contributed by atoms with E-state index in [4.69, 9.17) is 9.47 Å². The molecule has 6 rings (SSSR count). The maximum atomic E-state index is 14.0. The fraction of sp³-hybridized carbons (Fsp3) is 0.889. The van der Waals surface area contributed by atoms with Crippen LogP contribution in [0.25, 0.3) is 0 Å². The Morgan fingerprint density at radius 1 is 1.10 bits per heavy atom. The molecule has 3 saturated carbocycles. The lowest BCUT2D eigenvalue weighted by Gasteiger charge is -2.58. The normalized spacial score (nSPS) is 58.4. The first-order valence-electron chi connectivity index (χ1n) is 12.9. The highest BCUT2D eigenvalue weighted by molar-refractivity contribution is 5.87. The highest BCUT2D eigenvalue weighted by Crippen LogP contribution is 2.69. The Kier molecular flexibility index (Phi) is 4.49. The second-order valence-electron chi connectivity index (χ2n) is 12.5. The third kappa shape index (κ3) is 2.62. The van der Waals surface area contributed by atoms with Gasteiger partial charge in [0.05, 0.1) is 18.8 Å². The van der Waals surface area contributed by atoms with Gasteiger partial charge in [-0.2, -0.15) is 0 Å². The number of hydrogen-bond donors (Lipinski definition) is 1. The van der Waals surface area contributed by atoms with Gasteiger partial charge < -0.3 is 14.6 Å². The van der Waals surface area contributed by atoms with E-state index in [1.54, 1.807) is 0 Å². The first-order chi connectivity index (χ1) is 14.7. The van der Waals surface area contributed by atoms with Crippen molar-refractivity contribution in [2.75, 3.05) is 6.61 Å². The van der Waals surface area contributed by atoms with Crippen molar-refractivity contribution in [3.05, 3.63) is 11.6 Å². The zero-order valence-corrected chi connectivity index (χ0v) is 19.7. The molecule has 172 valence electrons. The van der Waals surface area contributed by atoms with Gasteiger partial charge in [-0.1, -0.05) is 39.3 Å². The second-order valence-corrected chi connectivity index (χ2v) is 12.5. The van der Waals surface area contributed by atoms with Crippen LogP contribution < -0.4 is 0 Å². The van der Waals surface area contributed by atoms with Crippen LogP contribution in [-0.4, -0.2) is 35.5 Å². The molecular weight excluding hydrogens is 388 g/mol. The van der Waals surface area contributed by atoms with Gasteiger partial charge in [-0.25, -0.2) is 0 Å².